The van der Waals surface area contributed by atoms with Crippen LogP contribution in [0.2, 0.25) is 0 Å². The zero-order valence-corrected chi connectivity index (χ0v) is 26.2. The molecule has 0 saturated carbocycles. The molecule has 10 rings (SSSR count). The molecule has 0 unspecified atom stereocenters. The fourth-order valence-corrected chi connectivity index (χ4v) is 6.96. The first kappa shape index (κ1) is 27.4. The lowest BCUT2D eigenvalue weighted by atomic mass is 9.95. The summed E-state index contributed by atoms with van der Waals surface area (Å²) in [5.41, 5.74) is 6.52. The van der Waals surface area contributed by atoms with Gasteiger partial charge in [0.1, 0.15) is 5.58 Å². The third kappa shape index (κ3) is 4.63. The number of rotatable bonds is 4. The van der Waals surface area contributed by atoms with Gasteiger partial charge in [-0.25, -0.2) is 19.9 Å². The molecular formula is C44H26N4O. The van der Waals surface area contributed by atoms with E-state index in [2.05, 4.69) is 138 Å². The maximum atomic E-state index is 6.09. The second-order valence-corrected chi connectivity index (χ2v) is 12.3. The van der Waals surface area contributed by atoms with Crippen LogP contribution in [-0.4, -0.2) is 19.9 Å². The maximum absolute atomic E-state index is 6.09. The van der Waals surface area contributed by atoms with Gasteiger partial charge in [0.2, 0.25) is 5.71 Å². The van der Waals surface area contributed by atoms with Crippen molar-refractivity contribution >= 4 is 54.4 Å². The van der Waals surface area contributed by atoms with Crippen LogP contribution in [0, 0.1) is 0 Å². The number of furan rings is 1. The van der Waals surface area contributed by atoms with E-state index in [-0.39, 0.29) is 0 Å². The molecular weight excluding hydrogens is 601 g/mol. The SMILES string of the molecule is c1ccc2cc(-c3nc(-c4ccc5ccccc5c4)nc(-c4cccc5cc(-c6cccc7oc8ncccc8c67)ccc45)n3)ccc2c1. The van der Waals surface area contributed by atoms with Crippen LogP contribution in [0.25, 0.3) is 99.7 Å². The van der Waals surface area contributed by atoms with Crippen LogP contribution in [0.3, 0.4) is 0 Å². The minimum absolute atomic E-state index is 0.633. The Kier molecular flexibility index (Phi) is 6.11. The van der Waals surface area contributed by atoms with Crippen molar-refractivity contribution in [1.29, 1.82) is 0 Å². The Balaban J connectivity index is 1.16. The van der Waals surface area contributed by atoms with E-state index in [0.29, 0.717) is 23.2 Å². The third-order valence-electron chi connectivity index (χ3n) is 9.36. The summed E-state index contributed by atoms with van der Waals surface area (Å²) >= 11 is 0. The molecule has 0 aliphatic carbocycles. The van der Waals surface area contributed by atoms with Crippen molar-refractivity contribution < 1.29 is 4.42 Å². The molecule has 0 saturated heterocycles. The molecule has 0 amide bonds. The Morgan fingerprint density at radius 3 is 1.71 bits per heavy atom. The largest absolute Gasteiger partial charge is 0.438 e. The molecule has 0 bridgehead atoms. The first-order valence-electron chi connectivity index (χ1n) is 16.3. The zero-order chi connectivity index (χ0) is 32.3. The average molecular weight is 627 g/mol. The predicted molar refractivity (Wildman–Crippen MR) is 199 cm³/mol. The van der Waals surface area contributed by atoms with Crippen molar-refractivity contribution in [3.8, 4) is 45.3 Å². The number of nitrogens with zero attached hydrogens (tertiary/aromatic N) is 4. The number of hydrogen-bond donors (Lipinski definition) is 0. The first-order valence-corrected chi connectivity index (χ1v) is 16.3. The van der Waals surface area contributed by atoms with E-state index in [1.54, 1.807) is 6.20 Å². The van der Waals surface area contributed by atoms with Gasteiger partial charge in [0.25, 0.3) is 0 Å². The maximum Gasteiger partial charge on any atom is 0.227 e. The third-order valence-corrected chi connectivity index (χ3v) is 9.36. The molecule has 0 fully saturated rings. The van der Waals surface area contributed by atoms with E-state index in [1.807, 2.05) is 18.2 Å². The van der Waals surface area contributed by atoms with Gasteiger partial charge in [0.05, 0.1) is 0 Å². The summed E-state index contributed by atoms with van der Waals surface area (Å²) in [7, 11) is 0. The highest BCUT2D eigenvalue weighted by Crippen LogP contribution is 2.38. The van der Waals surface area contributed by atoms with Gasteiger partial charge in [-0.15, -0.1) is 0 Å². The van der Waals surface area contributed by atoms with Gasteiger partial charge in [0, 0.05) is 33.7 Å². The molecule has 0 aliphatic heterocycles. The summed E-state index contributed by atoms with van der Waals surface area (Å²) in [4.78, 5) is 19.8. The zero-order valence-electron chi connectivity index (χ0n) is 26.2. The van der Waals surface area contributed by atoms with E-state index in [4.69, 9.17) is 19.4 Å². The van der Waals surface area contributed by atoms with Gasteiger partial charge in [-0.2, -0.15) is 0 Å². The van der Waals surface area contributed by atoms with Gasteiger partial charge in [-0.1, -0.05) is 115 Å². The summed E-state index contributed by atoms with van der Waals surface area (Å²) in [5, 5.41) is 8.88. The minimum atomic E-state index is 0.633. The summed E-state index contributed by atoms with van der Waals surface area (Å²) in [6.07, 6.45) is 1.76. The Labute approximate surface area is 281 Å². The molecule has 10 aromatic rings. The normalized spacial score (nSPS) is 11.7. The lowest BCUT2D eigenvalue weighted by Gasteiger charge is -2.12. The van der Waals surface area contributed by atoms with Crippen LogP contribution >= 0.6 is 0 Å². The molecule has 3 heterocycles. The lowest BCUT2D eigenvalue weighted by molar-refractivity contribution is 0.654. The molecule has 49 heavy (non-hydrogen) atoms. The summed E-state index contributed by atoms with van der Waals surface area (Å²) < 4.78 is 6.09. The summed E-state index contributed by atoms with van der Waals surface area (Å²) in [5.74, 6) is 1.91. The molecule has 0 radical (unpaired) electrons. The van der Waals surface area contributed by atoms with E-state index < -0.39 is 0 Å². The van der Waals surface area contributed by atoms with Crippen LogP contribution < -0.4 is 0 Å². The van der Waals surface area contributed by atoms with Crippen molar-refractivity contribution in [2.45, 2.75) is 0 Å². The smallest absolute Gasteiger partial charge is 0.227 e. The number of benzene rings is 7. The van der Waals surface area contributed by atoms with Gasteiger partial charge < -0.3 is 4.42 Å². The monoisotopic (exact) mass is 626 g/mol. The van der Waals surface area contributed by atoms with Crippen LogP contribution in [0.4, 0.5) is 0 Å². The molecule has 0 N–H and O–H groups in total. The van der Waals surface area contributed by atoms with Crippen molar-refractivity contribution in [3.63, 3.8) is 0 Å². The second-order valence-electron chi connectivity index (χ2n) is 12.3. The second kappa shape index (κ2) is 10.9. The Morgan fingerprint density at radius 2 is 0.980 bits per heavy atom. The van der Waals surface area contributed by atoms with E-state index in [9.17, 15) is 0 Å². The van der Waals surface area contributed by atoms with Crippen molar-refractivity contribution in [2.24, 2.45) is 0 Å². The van der Waals surface area contributed by atoms with E-state index in [0.717, 1.165) is 65.7 Å². The Bertz CT molecular complexity index is 2810. The number of aromatic nitrogens is 4. The Morgan fingerprint density at radius 1 is 0.388 bits per heavy atom. The number of hydrogen-bond acceptors (Lipinski definition) is 5. The van der Waals surface area contributed by atoms with Crippen LogP contribution in [0.5, 0.6) is 0 Å². The van der Waals surface area contributed by atoms with Crippen molar-refractivity contribution in [1.82, 2.24) is 19.9 Å². The minimum Gasteiger partial charge on any atom is -0.438 e. The number of pyridine rings is 1. The molecule has 0 atom stereocenters. The standard InChI is InChI=1S/C44H26N4O/c1-3-10-29-24-33(19-17-27(29)8-1)41-46-42(34-20-18-28-9-2-4-11-30(28)25-34)48-43(47-41)37-14-5-12-31-26-32(21-22-35(31)37)36-13-6-16-39-40(36)38-15-7-23-45-44(38)49-39/h1-26H. The van der Waals surface area contributed by atoms with Crippen molar-refractivity contribution in [3.05, 3.63) is 158 Å². The lowest BCUT2D eigenvalue weighted by Crippen LogP contribution is -2.00. The van der Waals surface area contributed by atoms with Gasteiger partial charge in [-0.05, 0) is 79.8 Å². The molecule has 0 aliphatic rings. The predicted octanol–water partition coefficient (Wildman–Crippen LogP) is 11.3. The highest BCUT2D eigenvalue weighted by atomic mass is 16.3. The van der Waals surface area contributed by atoms with Crippen LogP contribution in [-0.2, 0) is 0 Å². The number of fused-ring (bicyclic) bond motifs is 6. The average Bonchev–Trinajstić information content (AvgIpc) is 3.56. The molecule has 228 valence electrons. The topological polar surface area (TPSA) is 64.7 Å². The van der Waals surface area contributed by atoms with Crippen LogP contribution in [0.15, 0.2) is 162 Å². The fourth-order valence-electron chi connectivity index (χ4n) is 6.96. The van der Waals surface area contributed by atoms with Crippen molar-refractivity contribution in [2.75, 3.05) is 0 Å². The summed E-state index contributed by atoms with van der Waals surface area (Å²) in [6.45, 7) is 0. The van der Waals surface area contributed by atoms with Gasteiger partial charge in [-0.3, -0.25) is 0 Å². The van der Waals surface area contributed by atoms with Gasteiger partial charge >= 0.3 is 0 Å². The van der Waals surface area contributed by atoms with Gasteiger partial charge in [0.15, 0.2) is 17.5 Å². The fraction of sp³-hybridized carbons (Fsp3) is 0. The van der Waals surface area contributed by atoms with Crippen LogP contribution in [0.1, 0.15) is 0 Å². The molecule has 7 aromatic carbocycles. The first-order chi connectivity index (χ1) is 24.2. The van der Waals surface area contributed by atoms with E-state index >= 15 is 0 Å². The highest BCUT2D eigenvalue weighted by molar-refractivity contribution is 6.12. The van der Waals surface area contributed by atoms with E-state index in [1.165, 1.54) is 10.8 Å². The highest BCUT2D eigenvalue weighted by Gasteiger charge is 2.17. The molecule has 5 heteroatoms. The molecule has 5 nitrogen and oxygen atoms in total. The Hall–Kier alpha value is -6.72. The summed E-state index contributed by atoms with van der Waals surface area (Å²) in [6, 6.07) is 52.6. The quantitative estimate of drug-likeness (QED) is 0.194. The molecule has 0 spiro atoms. The molecule has 3 aromatic heterocycles.